The number of carbonyl (C=O) groups is 1. The quantitative estimate of drug-likeness (QED) is 0.147. The molecule has 0 atom stereocenters. The molecule has 260 valence electrons. The van der Waals surface area contributed by atoms with Crippen LogP contribution >= 0.6 is 11.6 Å². The minimum Gasteiger partial charge on any atom is -0.491 e. The first-order valence-electron chi connectivity index (χ1n) is 16.7. The molecular weight excluding hydrogens is 674 g/mol. The Morgan fingerprint density at radius 1 is 0.827 bits per heavy atom. The lowest BCUT2D eigenvalue weighted by Gasteiger charge is -2.17. The number of aryl methyl sites for hydroxylation is 4. The van der Waals surface area contributed by atoms with Crippen LogP contribution in [0.4, 0.5) is 0 Å². The number of likely N-dealkylation sites (tertiary alicyclic amines) is 1. The summed E-state index contributed by atoms with van der Waals surface area (Å²) in [5.74, 6) is 0.891. The van der Waals surface area contributed by atoms with Crippen molar-refractivity contribution in [1.82, 2.24) is 34.0 Å². The third-order valence-electron chi connectivity index (χ3n) is 8.93. The number of ether oxygens (including phenoxy) is 1. The van der Waals surface area contributed by atoms with E-state index in [9.17, 15) is 4.79 Å². The highest BCUT2D eigenvalue weighted by molar-refractivity contribution is 6.35. The van der Waals surface area contributed by atoms with Gasteiger partial charge in [0, 0.05) is 56.1 Å². The van der Waals surface area contributed by atoms with Crippen molar-refractivity contribution in [2.45, 2.75) is 26.7 Å². The molecule has 52 heavy (non-hydrogen) atoms. The molecule has 5 heterocycles. The van der Waals surface area contributed by atoms with Gasteiger partial charge in [-0.25, -0.2) is 19.9 Å². The number of halogens is 1. The van der Waals surface area contributed by atoms with Gasteiger partial charge < -0.3 is 18.8 Å². The van der Waals surface area contributed by atoms with Gasteiger partial charge in [-0.15, -0.1) is 0 Å². The molecular formula is C40H36ClN9O2. The molecule has 6 aromatic rings. The maximum atomic E-state index is 11.9. The number of imidazole rings is 2. The summed E-state index contributed by atoms with van der Waals surface area (Å²) in [5.41, 5.74) is 8.98. The van der Waals surface area contributed by atoms with E-state index in [2.05, 4.69) is 15.0 Å². The standard InChI is InChI=1S/C23H23N5O2.C17H13ClN4/c1-16-11-19-18(12-17(16)5-3-7-24)22(30-10-9-28-8-4-6-23(28)29)13-20(26-19)21-14-25-15-27(21)2;1-11-6-15-13(7-12(11)4-3-5-19)14(18)8-16(21-15)17-9-20-10-22(17)2/h3,5,11-15H,4,6,8-10H2,1-2H3;3-4,6-10H,1-2H3/b5-3+;4-3+. The van der Waals surface area contributed by atoms with Crippen molar-refractivity contribution in [3.05, 3.63) is 101 Å². The predicted molar refractivity (Wildman–Crippen MR) is 203 cm³/mol. The van der Waals surface area contributed by atoms with Gasteiger partial charge in [0.2, 0.25) is 5.91 Å². The Kier molecular flexibility index (Phi) is 10.7. The number of amides is 1. The fourth-order valence-electron chi connectivity index (χ4n) is 6.13. The van der Waals surface area contributed by atoms with Gasteiger partial charge in [0.25, 0.3) is 0 Å². The van der Waals surface area contributed by atoms with Crippen molar-refractivity contribution >= 4 is 51.5 Å². The van der Waals surface area contributed by atoms with E-state index in [4.69, 9.17) is 31.8 Å². The molecule has 0 unspecified atom stereocenters. The number of aromatic nitrogens is 6. The van der Waals surface area contributed by atoms with E-state index in [0.717, 1.165) is 79.8 Å². The van der Waals surface area contributed by atoms with Crippen molar-refractivity contribution in [2.75, 3.05) is 19.7 Å². The summed E-state index contributed by atoms with van der Waals surface area (Å²) in [6.07, 6.45) is 15.0. The van der Waals surface area contributed by atoms with Crippen LogP contribution in [-0.2, 0) is 18.9 Å². The topological polar surface area (TPSA) is 139 Å². The molecule has 0 N–H and O–H groups in total. The average molecular weight is 710 g/mol. The summed E-state index contributed by atoms with van der Waals surface area (Å²) in [6, 6.07) is 15.7. The number of pyridine rings is 2. The van der Waals surface area contributed by atoms with Gasteiger partial charge in [0.1, 0.15) is 12.4 Å². The first kappa shape index (κ1) is 35.5. The minimum absolute atomic E-state index is 0.188. The van der Waals surface area contributed by atoms with Crippen LogP contribution in [0.15, 0.2) is 73.6 Å². The minimum atomic E-state index is 0.188. The van der Waals surface area contributed by atoms with Gasteiger partial charge >= 0.3 is 0 Å². The number of nitrogens with zero attached hydrogens (tertiary/aromatic N) is 9. The van der Waals surface area contributed by atoms with Crippen LogP contribution in [0.1, 0.15) is 35.1 Å². The molecule has 1 saturated heterocycles. The highest BCUT2D eigenvalue weighted by Crippen LogP contribution is 2.33. The molecule has 0 saturated carbocycles. The summed E-state index contributed by atoms with van der Waals surface area (Å²) >= 11 is 6.43. The average Bonchev–Trinajstić information content (AvgIpc) is 3.87. The summed E-state index contributed by atoms with van der Waals surface area (Å²) in [7, 11) is 3.85. The Hall–Kier alpha value is -6.30. The van der Waals surface area contributed by atoms with Crippen molar-refractivity contribution in [1.29, 1.82) is 10.5 Å². The molecule has 12 heteroatoms. The zero-order valence-corrected chi connectivity index (χ0v) is 30.1. The van der Waals surface area contributed by atoms with Gasteiger partial charge in [-0.1, -0.05) is 11.6 Å². The summed E-state index contributed by atoms with van der Waals surface area (Å²) in [6.45, 7) is 5.75. The van der Waals surface area contributed by atoms with Crippen molar-refractivity contribution in [2.24, 2.45) is 14.1 Å². The predicted octanol–water partition coefficient (Wildman–Crippen LogP) is 7.62. The van der Waals surface area contributed by atoms with Crippen LogP contribution in [0, 0.1) is 36.5 Å². The van der Waals surface area contributed by atoms with E-state index in [1.165, 1.54) is 12.2 Å². The molecule has 2 aromatic carbocycles. The number of nitriles is 2. The van der Waals surface area contributed by atoms with Gasteiger partial charge in [-0.2, -0.15) is 10.5 Å². The first-order valence-corrected chi connectivity index (χ1v) is 17.1. The molecule has 11 nitrogen and oxygen atoms in total. The van der Waals surface area contributed by atoms with Crippen molar-refractivity contribution in [3.8, 4) is 40.7 Å². The van der Waals surface area contributed by atoms with E-state index < -0.39 is 0 Å². The lowest BCUT2D eigenvalue weighted by Crippen LogP contribution is -2.29. The summed E-state index contributed by atoms with van der Waals surface area (Å²) < 4.78 is 9.97. The highest BCUT2D eigenvalue weighted by atomic mass is 35.5. The number of fused-ring (bicyclic) bond motifs is 2. The van der Waals surface area contributed by atoms with Gasteiger partial charge in [0.15, 0.2) is 0 Å². The maximum absolute atomic E-state index is 11.9. The Morgan fingerprint density at radius 3 is 1.90 bits per heavy atom. The second-order valence-corrected chi connectivity index (χ2v) is 12.9. The molecule has 0 radical (unpaired) electrons. The SMILES string of the molecule is Cc1cc2nc(-c3cncn3C)cc(Cl)c2cc1/C=C/C#N.Cc1cc2nc(-c3cncn3C)cc(OCCN3CCCC3=O)c2cc1/C=C/C#N. The second kappa shape index (κ2) is 15.7. The van der Waals surface area contributed by atoms with Crippen LogP contribution in [0.5, 0.6) is 5.75 Å². The molecule has 0 aliphatic carbocycles. The largest absolute Gasteiger partial charge is 0.491 e. The molecule has 4 aromatic heterocycles. The van der Waals surface area contributed by atoms with Crippen molar-refractivity contribution < 1.29 is 9.53 Å². The maximum Gasteiger partial charge on any atom is 0.222 e. The Balaban J connectivity index is 0.000000187. The van der Waals surface area contributed by atoms with Crippen LogP contribution < -0.4 is 4.74 Å². The molecule has 0 spiro atoms. The smallest absolute Gasteiger partial charge is 0.222 e. The molecule has 1 fully saturated rings. The Labute approximate surface area is 306 Å². The number of allylic oxidation sites excluding steroid dienone is 2. The Morgan fingerprint density at radius 2 is 1.38 bits per heavy atom. The number of rotatable bonds is 8. The van der Waals surface area contributed by atoms with Gasteiger partial charge in [0.05, 0.1) is 82.6 Å². The summed E-state index contributed by atoms with van der Waals surface area (Å²) in [5, 5.41) is 19.9. The molecule has 1 aliphatic heterocycles. The molecule has 0 bridgehead atoms. The zero-order chi connectivity index (χ0) is 36.8. The molecule has 1 aliphatic rings. The molecule has 7 rings (SSSR count). The van der Waals surface area contributed by atoms with E-state index in [1.54, 1.807) is 37.2 Å². The fraction of sp³-hybridized carbons (Fsp3) is 0.225. The monoisotopic (exact) mass is 709 g/mol. The van der Waals surface area contributed by atoms with Crippen LogP contribution in [0.2, 0.25) is 5.02 Å². The summed E-state index contributed by atoms with van der Waals surface area (Å²) in [4.78, 5) is 31.5. The lowest BCUT2D eigenvalue weighted by atomic mass is 10.0. The van der Waals surface area contributed by atoms with Gasteiger partial charge in [-0.05, 0) is 85.0 Å². The second-order valence-electron chi connectivity index (χ2n) is 12.5. The fourth-order valence-corrected chi connectivity index (χ4v) is 6.38. The van der Waals surface area contributed by atoms with Crippen LogP contribution in [0.3, 0.4) is 0 Å². The van der Waals surface area contributed by atoms with E-state index in [1.807, 2.05) is 90.5 Å². The van der Waals surface area contributed by atoms with E-state index in [-0.39, 0.29) is 5.91 Å². The van der Waals surface area contributed by atoms with Crippen molar-refractivity contribution in [3.63, 3.8) is 0 Å². The highest BCUT2D eigenvalue weighted by Gasteiger charge is 2.20. The van der Waals surface area contributed by atoms with E-state index >= 15 is 0 Å². The third-order valence-corrected chi connectivity index (χ3v) is 9.24. The first-order chi connectivity index (χ1) is 25.2. The number of benzene rings is 2. The normalized spacial score (nSPS) is 12.8. The van der Waals surface area contributed by atoms with E-state index in [0.29, 0.717) is 30.3 Å². The zero-order valence-electron chi connectivity index (χ0n) is 29.3. The number of carbonyl (C=O) groups excluding carboxylic acids is 1. The Bertz CT molecular complexity index is 2450. The lowest BCUT2D eigenvalue weighted by molar-refractivity contribution is -0.128. The van der Waals surface area contributed by atoms with Crippen LogP contribution in [-0.4, -0.2) is 59.6 Å². The number of hydrogen-bond acceptors (Lipinski definition) is 8. The van der Waals surface area contributed by atoms with Gasteiger partial charge in [-0.3, -0.25) is 4.79 Å². The molecule has 1 amide bonds. The van der Waals surface area contributed by atoms with Crippen LogP contribution in [0.25, 0.3) is 56.7 Å². The number of hydrogen-bond donors (Lipinski definition) is 0. The third kappa shape index (κ3) is 7.70.